The third-order valence-corrected chi connectivity index (χ3v) is 1.37. The maximum Gasteiger partial charge on any atom is 0.261 e. The Labute approximate surface area is 80.3 Å². The zero-order valence-corrected chi connectivity index (χ0v) is 7.49. The van der Waals surface area contributed by atoms with Crippen LogP contribution in [0.4, 0.5) is 14.6 Å². The van der Waals surface area contributed by atoms with Crippen molar-refractivity contribution in [1.82, 2.24) is 10.2 Å². The van der Waals surface area contributed by atoms with Crippen molar-refractivity contribution in [2.45, 2.75) is 6.43 Å². The van der Waals surface area contributed by atoms with E-state index in [1.165, 1.54) is 0 Å². The second kappa shape index (κ2) is 6.20. The minimum Gasteiger partial charge on any atom is -0.374 e. The van der Waals surface area contributed by atoms with Gasteiger partial charge in [0.2, 0.25) is 0 Å². The Morgan fingerprint density at radius 3 is 3.00 bits per heavy atom. The molecule has 0 fully saturated rings. The van der Waals surface area contributed by atoms with Crippen molar-refractivity contribution in [1.29, 1.82) is 0 Å². The van der Waals surface area contributed by atoms with E-state index in [2.05, 4.69) is 20.3 Å². The first-order chi connectivity index (χ1) is 6.79. The highest BCUT2D eigenvalue weighted by Crippen LogP contribution is 1.97. The number of aromatic nitrogens is 2. The van der Waals surface area contributed by atoms with Gasteiger partial charge in [-0.15, -0.1) is 5.10 Å². The lowest BCUT2D eigenvalue weighted by Gasteiger charge is -2.05. The summed E-state index contributed by atoms with van der Waals surface area (Å²) in [6.45, 7) is 0.133. The van der Waals surface area contributed by atoms with E-state index in [1.54, 1.807) is 18.3 Å². The van der Waals surface area contributed by atoms with Crippen molar-refractivity contribution in [2.75, 3.05) is 25.1 Å². The molecule has 0 spiro atoms. The molecule has 0 bridgehead atoms. The first-order valence-electron chi connectivity index (χ1n) is 4.16. The van der Waals surface area contributed by atoms with Crippen LogP contribution in [0.3, 0.4) is 0 Å². The summed E-state index contributed by atoms with van der Waals surface area (Å²) < 4.78 is 27.9. The molecule has 0 saturated heterocycles. The molecule has 0 aliphatic carbocycles. The topological polar surface area (TPSA) is 47.0 Å². The quantitative estimate of drug-likeness (QED) is 0.705. The number of rotatable bonds is 6. The van der Waals surface area contributed by atoms with E-state index < -0.39 is 13.0 Å². The fourth-order valence-corrected chi connectivity index (χ4v) is 0.820. The molecule has 78 valence electrons. The van der Waals surface area contributed by atoms with E-state index in [0.717, 1.165) is 0 Å². The molecule has 0 saturated carbocycles. The third-order valence-electron chi connectivity index (χ3n) is 1.37. The van der Waals surface area contributed by atoms with Gasteiger partial charge in [0.1, 0.15) is 12.4 Å². The summed E-state index contributed by atoms with van der Waals surface area (Å²) >= 11 is 0. The van der Waals surface area contributed by atoms with Crippen molar-refractivity contribution in [3.05, 3.63) is 18.3 Å². The molecule has 1 heterocycles. The van der Waals surface area contributed by atoms with Crippen LogP contribution < -0.4 is 5.32 Å². The van der Waals surface area contributed by atoms with E-state index in [0.29, 0.717) is 12.4 Å². The first kappa shape index (κ1) is 10.8. The van der Waals surface area contributed by atoms with E-state index in [-0.39, 0.29) is 6.61 Å². The Morgan fingerprint density at radius 2 is 2.36 bits per heavy atom. The van der Waals surface area contributed by atoms with E-state index in [1.807, 2.05) is 0 Å². The molecule has 1 aromatic rings. The summed E-state index contributed by atoms with van der Waals surface area (Å²) in [5.74, 6) is 0.605. The number of nitrogens with one attached hydrogen (secondary N) is 1. The van der Waals surface area contributed by atoms with Gasteiger partial charge < -0.3 is 10.1 Å². The van der Waals surface area contributed by atoms with Crippen LogP contribution in [0, 0.1) is 0 Å². The van der Waals surface area contributed by atoms with Crippen LogP contribution in [0.5, 0.6) is 0 Å². The molecule has 0 atom stereocenters. The summed E-state index contributed by atoms with van der Waals surface area (Å²) in [5.41, 5.74) is 0. The average Bonchev–Trinajstić information content (AvgIpc) is 2.18. The lowest BCUT2D eigenvalue weighted by molar-refractivity contribution is 0.0214. The van der Waals surface area contributed by atoms with Gasteiger partial charge in [-0.2, -0.15) is 5.10 Å². The Kier molecular flexibility index (Phi) is 4.77. The van der Waals surface area contributed by atoms with Gasteiger partial charge in [0.15, 0.2) is 0 Å². The normalized spacial score (nSPS) is 10.5. The van der Waals surface area contributed by atoms with Crippen molar-refractivity contribution in [2.24, 2.45) is 0 Å². The lowest BCUT2D eigenvalue weighted by atomic mass is 10.5. The molecular weight excluding hydrogens is 192 g/mol. The van der Waals surface area contributed by atoms with Gasteiger partial charge in [-0.1, -0.05) is 0 Å². The number of hydrogen-bond donors (Lipinski definition) is 1. The molecule has 0 aliphatic rings. The standard InChI is InChI=1S/C8H11F2N3O/c9-7(10)6-14-5-4-11-8-2-1-3-12-13-8/h1-3,7H,4-6H2,(H,11,13). The molecule has 0 amide bonds. The number of halogens is 2. The number of hydrogen-bond acceptors (Lipinski definition) is 4. The highest BCUT2D eigenvalue weighted by molar-refractivity contribution is 5.30. The van der Waals surface area contributed by atoms with Crippen LogP contribution in [0.2, 0.25) is 0 Å². The van der Waals surface area contributed by atoms with Crippen LogP contribution in [-0.4, -0.2) is 36.4 Å². The van der Waals surface area contributed by atoms with Crippen LogP contribution in [0.15, 0.2) is 18.3 Å². The molecule has 0 aliphatic heterocycles. The van der Waals surface area contributed by atoms with Crippen LogP contribution in [0.1, 0.15) is 0 Å². The Bertz CT molecular complexity index is 246. The van der Waals surface area contributed by atoms with Gasteiger partial charge in [0, 0.05) is 12.7 Å². The second-order valence-corrected chi connectivity index (χ2v) is 2.50. The summed E-state index contributed by atoms with van der Waals surface area (Å²) in [6.07, 6.45) is -0.857. The fraction of sp³-hybridized carbons (Fsp3) is 0.500. The monoisotopic (exact) mass is 203 g/mol. The minimum absolute atomic E-state index is 0.223. The molecule has 4 nitrogen and oxygen atoms in total. The summed E-state index contributed by atoms with van der Waals surface area (Å²) in [7, 11) is 0. The van der Waals surface area contributed by atoms with Crippen LogP contribution in [-0.2, 0) is 4.74 Å². The molecule has 1 N–H and O–H groups in total. The second-order valence-electron chi connectivity index (χ2n) is 2.50. The molecule has 1 aromatic heterocycles. The van der Waals surface area contributed by atoms with Gasteiger partial charge >= 0.3 is 0 Å². The van der Waals surface area contributed by atoms with Crippen LogP contribution >= 0.6 is 0 Å². The number of nitrogens with zero attached hydrogens (tertiary/aromatic N) is 2. The van der Waals surface area contributed by atoms with Crippen molar-refractivity contribution < 1.29 is 13.5 Å². The lowest BCUT2D eigenvalue weighted by Crippen LogP contribution is -2.13. The molecule has 0 radical (unpaired) electrons. The largest absolute Gasteiger partial charge is 0.374 e. The molecule has 0 unspecified atom stereocenters. The Morgan fingerprint density at radius 1 is 1.50 bits per heavy atom. The van der Waals surface area contributed by atoms with Crippen molar-refractivity contribution >= 4 is 5.82 Å². The van der Waals surface area contributed by atoms with Crippen LogP contribution in [0.25, 0.3) is 0 Å². The number of ether oxygens (including phenoxy) is 1. The smallest absolute Gasteiger partial charge is 0.261 e. The molecule has 1 rings (SSSR count). The number of alkyl halides is 2. The summed E-state index contributed by atoms with van der Waals surface area (Å²) in [4.78, 5) is 0. The maximum atomic E-state index is 11.6. The minimum atomic E-state index is -2.41. The average molecular weight is 203 g/mol. The van der Waals surface area contributed by atoms with E-state index in [9.17, 15) is 8.78 Å². The predicted molar refractivity (Wildman–Crippen MR) is 47.3 cm³/mol. The van der Waals surface area contributed by atoms with Gasteiger partial charge in [0.25, 0.3) is 6.43 Å². The summed E-state index contributed by atoms with van der Waals surface area (Å²) in [6, 6.07) is 3.47. The van der Waals surface area contributed by atoms with Gasteiger partial charge in [-0.25, -0.2) is 8.78 Å². The Hall–Kier alpha value is -1.30. The predicted octanol–water partition coefficient (Wildman–Crippen LogP) is 1.17. The van der Waals surface area contributed by atoms with Crippen molar-refractivity contribution in [3.63, 3.8) is 0 Å². The van der Waals surface area contributed by atoms with Gasteiger partial charge in [-0.05, 0) is 12.1 Å². The highest BCUT2D eigenvalue weighted by Gasteiger charge is 2.00. The SMILES string of the molecule is FC(F)COCCNc1cccnn1. The van der Waals surface area contributed by atoms with Crippen molar-refractivity contribution in [3.8, 4) is 0 Å². The third kappa shape index (κ3) is 4.66. The van der Waals surface area contributed by atoms with E-state index in [4.69, 9.17) is 0 Å². The number of anilines is 1. The molecule has 0 aromatic carbocycles. The van der Waals surface area contributed by atoms with Gasteiger partial charge in [0.05, 0.1) is 6.61 Å². The first-order valence-corrected chi connectivity index (χ1v) is 4.16. The van der Waals surface area contributed by atoms with E-state index >= 15 is 0 Å². The highest BCUT2D eigenvalue weighted by atomic mass is 19.3. The maximum absolute atomic E-state index is 11.6. The zero-order valence-electron chi connectivity index (χ0n) is 7.49. The zero-order chi connectivity index (χ0) is 10.2. The van der Waals surface area contributed by atoms with Gasteiger partial charge in [-0.3, -0.25) is 0 Å². The molecular formula is C8H11F2N3O. The molecule has 14 heavy (non-hydrogen) atoms. The summed E-state index contributed by atoms with van der Waals surface area (Å²) in [5, 5.41) is 10.3. The molecule has 6 heteroatoms. The fourth-order valence-electron chi connectivity index (χ4n) is 0.820. The Balaban J connectivity index is 2.05.